The van der Waals surface area contributed by atoms with Crippen LogP contribution in [0.1, 0.15) is 16.8 Å². The van der Waals surface area contributed by atoms with Crippen LogP contribution in [-0.2, 0) is 6.54 Å². The van der Waals surface area contributed by atoms with Crippen molar-refractivity contribution in [3.05, 3.63) is 40.3 Å². The van der Waals surface area contributed by atoms with E-state index in [4.69, 9.17) is 0 Å². The molecule has 3 rings (SSSR count). The van der Waals surface area contributed by atoms with Gasteiger partial charge in [0.1, 0.15) is 0 Å². The quantitative estimate of drug-likeness (QED) is 0.897. The first-order valence-electron chi connectivity index (χ1n) is 6.25. The lowest BCUT2D eigenvalue weighted by molar-refractivity contribution is 0.644. The Balaban J connectivity index is 1.91. The smallest absolute Gasteiger partial charge is 0.0897 e. The predicted molar refractivity (Wildman–Crippen MR) is 77.4 cm³/mol. The Kier molecular flexibility index (Phi) is 2.96. The summed E-state index contributed by atoms with van der Waals surface area (Å²) < 4.78 is 0. The maximum atomic E-state index is 4.34. The minimum absolute atomic E-state index is 0.502. The normalized spacial score (nSPS) is 18.3. The Morgan fingerprint density at radius 1 is 1.44 bits per heavy atom. The summed E-state index contributed by atoms with van der Waals surface area (Å²) in [5, 5.41) is 4.62. The van der Waals surface area contributed by atoms with Crippen LogP contribution in [0.25, 0.3) is 0 Å². The summed E-state index contributed by atoms with van der Waals surface area (Å²) in [6.07, 6.45) is 2.00. The van der Waals surface area contributed by atoms with Crippen molar-refractivity contribution in [2.75, 3.05) is 16.8 Å². The number of hydrogen-bond donors (Lipinski definition) is 1. The first-order valence-corrected chi connectivity index (χ1v) is 7.06. The molecule has 1 N–H and O–H groups in total. The Bertz CT molecular complexity index is 549. The number of nitrogens with zero attached hydrogens (tertiary/aromatic N) is 2. The highest BCUT2D eigenvalue weighted by Gasteiger charge is 2.22. The lowest BCUT2D eigenvalue weighted by Crippen LogP contribution is -2.41. The van der Waals surface area contributed by atoms with Crippen LogP contribution in [0.15, 0.2) is 30.5 Å². The molecule has 3 nitrogen and oxygen atoms in total. The zero-order valence-corrected chi connectivity index (χ0v) is 11.5. The summed E-state index contributed by atoms with van der Waals surface area (Å²) in [5.74, 6) is 0. The van der Waals surface area contributed by atoms with E-state index in [-0.39, 0.29) is 0 Å². The largest absolute Gasteiger partial charge is 0.381 e. The molecule has 0 spiro atoms. The second-order valence-electron chi connectivity index (χ2n) is 4.72. The summed E-state index contributed by atoms with van der Waals surface area (Å²) in [6, 6.07) is 9.01. The number of rotatable bonds is 2. The highest BCUT2D eigenvalue weighted by atomic mass is 32.1. The average Bonchev–Trinajstić information content (AvgIpc) is 2.79. The molecule has 18 heavy (non-hydrogen) atoms. The molecule has 0 aliphatic carbocycles. The third kappa shape index (κ3) is 2.08. The lowest BCUT2D eigenvalue weighted by Gasteiger charge is -2.37. The van der Waals surface area contributed by atoms with Gasteiger partial charge in [0.15, 0.2) is 0 Å². The second-order valence-corrected chi connectivity index (χ2v) is 6.04. The molecular formula is C14H17N3S. The number of nitrogens with one attached hydrogen (secondary N) is 1. The average molecular weight is 259 g/mol. The summed E-state index contributed by atoms with van der Waals surface area (Å²) in [5.41, 5.74) is 2.53. The molecular weight excluding hydrogens is 242 g/mol. The fourth-order valence-electron chi connectivity index (χ4n) is 2.37. The van der Waals surface area contributed by atoms with E-state index in [9.17, 15) is 0 Å². The summed E-state index contributed by atoms with van der Waals surface area (Å²) in [6.45, 7) is 6.26. The fourth-order valence-corrected chi connectivity index (χ4v) is 3.16. The number of benzene rings is 1. The van der Waals surface area contributed by atoms with Crippen molar-refractivity contribution in [3.8, 4) is 0 Å². The van der Waals surface area contributed by atoms with Crippen molar-refractivity contribution in [1.29, 1.82) is 0 Å². The molecule has 2 aromatic rings. The summed E-state index contributed by atoms with van der Waals surface area (Å²) >= 11 is 1.78. The Morgan fingerprint density at radius 3 is 3.06 bits per heavy atom. The monoisotopic (exact) mass is 259 g/mol. The molecule has 0 saturated carbocycles. The molecule has 94 valence electrons. The molecule has 0 saturated heterocycles. The van der Waals surface area contributed by atoms with Crippen molar-refractivity contribution < 1.29 is 0 Å². The highest BCUT2D eigenvalue weighted by Crippen LogP contribution is 2.32. The molecule has 4 heteroatoms. The minimum Gasteiger partial charge on any atom is -0.381 e. The van der Waals surface area contributed by atoms with Crippen LogP contribution < -0.4 is 10.2 Å². The van der Waals surface area contributed by atoms with Crippen molar-refractivity contribution in [1.82, 2.24) is 4.98 Å². The molecule has 1 aliphatic rings. The van der Waals surface area contributed by atoms with Gasteiger partial charge in [-0.25, -0.2) is 4.98 Å². The Hall–Kier alpha value is -1.55. The van der Waals surface area contributed by atoms with Crippen molar-refractivity contribution >= 4 is 22.7 Å². The van der Waals surface area contributed by atoms with Gasteiger partial charge in [0, 0.05) is 23.7 Å². The van der Waals surface area contributed by atoms with Crippen LogP contribution in [0, 0.1) is 6.92 Å². The van der Waals surface area contributed by atoms with Crippen molar-refractivity contribution in [2.45, 2.75) is 26.4 Å². The zero-order valence-electron chi connectivity index (χ0n) is 10.7. The third-order valence-corrected chi connectivity index (χ3v) is 4.23. The number of thiazole rings is 1. The molecule has 1 aromatic heterocycles. The van der Waals surface area contributed by atoms with Gasteiger partial charge < -0.3 is 10.2 Å². The van der Waals surface area contributed by atoms with Crippen LogP contribution in [0.3, 0.4) is 0 Å². The number of hydrogen-bond acceptors (Lipinski definition) is 4. The van der Waals surface area contributed by atoms with Gasteiger partial charge in [-0.2, -0.15) is 0 Å². The number of fused-ring (bicyclic) bond motifs is 1. The SMILES string of the molecule is Cc1ncc(CN2c3ccccc3NCC2C)s1. The molecule has 0 bridgehead atoms. The number of aromatic nitrogens is 1. The van der Waals surface area contributed by atoms with E-state index in [1.807, 2.05) is 6.20 Å². The molecule has 2 heterocycles. The Labute approximate surface area is 111 Å². The van der Waals surface area contributed by atoms with E-state index in [0.29, 0.717) is 6.04 Å². The van der Waals surface area contributed by atoms with Gasteiger partial charge in [0.05, 0.1) is 22.9 Å². The standard InChI is InChI=1S/C14H17N3S/c1-10-7-16-13-5-3-4-6-14(13)17(10)9-12-8-15-11(2)18-12/h3-6,8,10,16H,7,9H2,1-2H3. The molecule has 0 amide bonds. The zero-order chi connectivity index (χ0) is 12.5. The van der Waals surface area contributed by atoms with Crippen LogP contribution in [0.5, 0.6) is 0 Å². The van der Waals surface area contributed by atoms with Gasteiger partial charge in [-0.3, -0.25) is 0 Å². The number of anilines is 2. The van der Waals surface area contributed by atoms with Crippen LogP contribution in [0.2, 0.25) is 0 Å². The van der Waals surface area contributed by atoms with E-state index in [1.165, 1.54) is 16.3 Å². The molecule has 1 atom stereocenters. The van der Waals surface area contributed by atoms with Gasteiger partial charge in [-0.05, 0) is 26.0 Å². The van der Waals surface area contributed by atoms with Crippen molar-refractivity contribution in [3.63, 3.8) is 0 Å². The van der Waals surface area contributed by atoms with E-state index in [0.717, 1.165) is 18.1 Å². The van der Waals surface area contributed by atoms with Gasteiger partial charge in [-0.1, -0.05) is 12.1 Å². The van der Waals surface area contributed by atoms with E-state index >= 15 is 0 Å². The lowest BCUT2D eigenvalue weighted by atomic mass is 10.1. The number of para-hydroxylation sites is 2. The van der Waals surface area contributed by atoms with Crippen molar-refractivity contribution in [2.24, 2.45) is 0 Å². The summed E-state index contributed by atoms with van der Waals surface area (Å²) in [7, 11) is 0. The fraction of sp³-hybridized carbons (Fsp3) is 0.357. The molecule has 1 aliphatic heterocycles. The highest BCUT2D eigenvalue weighted by molar-refractivity contribution is 7.11. The number of aryl methyl sites for hydroxylation is 1. The molecule has 0 radical (unpaired) electrons. The van der Waals surface area contributed by atoms with E-state index < -0.39 is 0 Å². The molecule has 0 fully saturated rings. The van der Waals surface area contributed by atoms with Crippen LogP contribution in [0.4, 0.5) is 11.4 Å². The van der Waals surface area contributed by atoms with Gasteiger partial charge >= 0.3 is 0 Å². The van der Waals surface area contributed by atoms with E-state index in [1.54, 1.807) is 11.3 Å². The van der Waals surface area contributed by atoms with Gasteiger partial charge in [-0.15, -0.1) is 11.3 Å². The van der Waals surface area contributed by atoms with Gasteiger partial charge in [0.2, 0.25) is 0 Å². The summed E-state index contributed by atoms with van der Waals surface area (Å²) in [4.78, 5) is 8.13. The minimum atomic E-state index is 0.502. The first-order chi connectivity index (χ1) is 8.74. The van der Waals surface area contributed by atoms with Crippen LogP contribution >= 0.6 is 11.3 Å². The third-order valence-electron chi connectivity index (χ3n) is 3.33. The molecule has 1 aromatic carbocycles. The predicted octanol–water partition coefficient (Wildman–Crippen LogP) is 3.27. The Morgan fingerprint density at radius 2 is 2.28 bits per heavy atom. The van der Waals surface area contributed by atoms with Crippen LogP contribution in [-0.4, -0.2) is 17.6 Å². The maximum Gasteiger partial charge on any atom is 0.0897 e. The van der Waals surface area contributed by atoms with E-state index in [2.05, 4.69) is 53.3 Å². The maximum absolute atomic E-state index is 4.34. The van der Waals surface area contributed by atoms with Gasteiger partial charge in [0.25, 0.3) is 0 Å². The first kappa shape index (κ1) is 11.5. The topological polar surface area (TPSA) is 28.2 Å². The second kappa shape index (κ2) is 4.61. The molecule has 1 unspecified atom stereocenters.